The predicted molar refractivity (Wildman–Crippen MR) is 133 cm³/mol. The molecule has 172 valence electrons. The summed E-state index contributed by atoms with van der Waals surface area (Å²) in [6.45, 7) is 6.07. The number of imidazole rings is 1. The molecule has 0 aliphatic carbocycles. The van der Waals surface area contributed by atoms with E-state index < -0.39 is 0 Å². The molecule has 0 unspecified atom stereocenters. The number of rotatable bonds is 6. The van der Waals surface area contributed by atoms with Crippen LogP contribution in [0.1, 0.15) is 12.5 Å². The number of ether oxygens (including phenoxy) is 1. The number of nitrogens with zero attached hydrogens (tertiary/aromatic N) is 7. The third-order valence-electron chi connectivity index (χ3n) is 6.04. The molecule has 1 aliphatic rings. The van der Waals surface area contributed by atoms with E-state index in [9.17, 15) is 5.26 Å². The topological polar surface area (TPSA) is 95.1 Å². The first kappa shape index (κ1) is 21.5. The Morgan fingerprint density at radius 1 is 1.03 bits per heavy atom. The summed E-state index contributed by atoms with van der Waals surface area (Å²) in [5.74, 6) is 2.18. The third-order valence-corrected chi connectivity index (χ3v) is 6.04. The number of aromatic nitrogens is 4. The Kier molecular flexibility index (Phi) is 5.87. The summed E-state index contributed by atoms with van der Waals surface area (Å²) in [6, 6.07) is 17.6. The van der Waals surface area contributed by atoms with Crippen LogP contribution in [-0.4, -0.2) is 52.8 Å². The van der Waals surface area contributed by atoms with Crippen LogP contribution in [0.5, 0.6) is 5.75 Å². The van der Waals surface area contributed by atoms with Gasteiger partial charge in [0.25, 0.3) is 0 Å². The Hall–Kier alpha value is -4.32. The van der Waals surface area contributed by atoms with Crippen molar-refractivity contribution in [2.45, 2.75) is 13.5 Å². The fourth-order valence-electron chi connectivity index (χ4n) is 4.23. The minimum atomic E-state index is 0.585. The lowest BCUT2D eigenvalue weighted by molar-refractivity contribution is 0.413. The standard InChI is InChI=1S/C25H26N8O/c1-3-31-17-27-22-23(28-19-8-6-7-18(15-19)16-26)29-25(30-24(22)31)33-13-11-32(12-14-33)20-9-4-5-10-21(20)34-2/h4-10,15,17H,3,11-14H2,1-2H3,(H,28,29,30). The van der Waals surface area contributed by atoms with E-state index in [1.807, 2.05) is 34.9 Å². The summed E-state index contributed by atoms with van der Waals surface area (Å²) in [4.78, 5) is 18.8. The van der Waals surface area contributed by atoms with Gasteiger partial charge in [-0.15, -0.1) is 0 Å². The molecule has 0 atom stereocenters. The van der Waals surface area contributed by atoms with Gasteiger partial charge in [-0.25, -0.2) is 4.98 Å². The number of hydrogen-bond donors (Lipinski definition) is 1. The van der Waals surface area contributed by atoms with Gasteiger partial charge < -0.3 is 24.4 Å². The van der Waals surface area contributed by atoms with Crippen molar-refractivity contribution in [1.82, 2.24) is 19.5 Å². The molecule has 1 aliphatic heterocycles. The van der Waals surface area contributed by atoms with Gasteiger partial charge in [0.1, 0.15) is 5.75 Å². The van der Waals surface area contributed by atoms with E-state index in [0.29, 0.717) is 22.8 Å². The third kappa shape index (κ3) is 4.06. The Labute approximate surface area is 198 Å². The zero-order valence-electron chi connectivity index (χ0n) is 19.3. The lowest BCUT2D eigenvalue weighted by atomic mass is 10.2. The van der Waals surface area contributed by atoms with Crippen molar-refractivity contribution in [1.29, 1.82) is 5.26 Å². The van der Waals surface area contributed by atoms with Gasteiger partial charge in [-0.1, -0.05) is 18.2 Å². The zero-order chi connectivity index (χ0) is 23.5. The number of methoxy groups -OCH3 is 1. The highest BCUT2D eigenvalue weighted by Gasteiger charge is 2.23. The highest BCUT2D eigenvalue weighted by molar-refractivity contribution is 5.86. The summed E-state index contributed by atoms with van der Waals surface area (Å²) in [5.41, 5.74) is 3.98. The molecule has 5 rings (SSSR count). The van der Waals surface area contributed by atoms with Crippen molar-refractivity contribution >= 4 is 34.3 Å². The Bertz CT molecular complexity index is 1350. The van der Waals surface area contributed by atoms with Crippen molar-refractivity contribution in [2.75, 3.05) is 48.4 Å². The van der Waals surface area contributed by atoms with Crippen LogP contribution in [0.2, 0.25) is 0 Å². The molecule has 2 aromatic carbocycles. The molecule has 1 fully saturated rings. The SMILES string of the molecule is CCn1cnc2c(Nc3cccc(C#N)c3)nc(N3CCN(c4ccccc4OC)CC3)nc21. The maximum Gasteiger partial charge on any atom is 0.229 e. The molecule has 1 N–H and O–H groups in total. The molecule has 2 aromatic heterocycles. The number of hydrogen-bond acceptors (Lipinski definition) is 8. The van der Waals surface area contributed by atoms with E-state index >= 15 is 0 Å². The van der Waals surface area contributed by atoms with Gasteiger partial charge in [-0.3, -0.25) is 0 Å². The minimum Gasteiger partial charge on any atom is -0.495 e. The molecule has 0 radical (unpaired) electrons. The van der Waals surface area contributed by atoms with Crippen molar-refractivity contribution < 1.29 is 4.74 Å². The number of piperazine rings is 1. The molecule has 9 nitrogen and oxygen atoms in total. The average Bonchev–Trinajstić information content (AvgIpc) is 3.32. The van der Waals surface area contributed by atoms with Gasteiger partial charge in [0.15, 0.2) is 17.0 Å². The maximum atomic E-state index is 9.25. The Morgan fingerprint density at radius 2 is 1.82 bits per heavy atom. The second-order valence-corrected chi connectivity index (χ2v) is 8.04. The van der Waals surface area contributed by atoms with Gasteiger partial charge in [0, 0.05) is 38.4 Å². The van der Waals surface area contributed by atoms with E-state index in [2.05, 4.69) is 39.2 Å². The zero-order valence-corrected chi connectivity index (χ0v) is 19.3. The molecule has 0 saturated carbocycles. The summed E-state index contributed by atoms with van der Waals surface area (Å²) in [5, 5.41) is 12.6. The fraction of sp³-hybridized carbons (Fsp3) is 0.280. The smallest absolute Gasteiger partial charge is 0.229 e. The Morgan fingerprint density at radius 3 is 2.59 bits per heavy atom. The quantitative estimate of drug-likeness (QED) is 0.470. The number of fused-ring (bicyclic) bond motifs is 1. The van der Waals surface area contributed by atoms with Gasteiger partial charge in [-0.05, 0) is 37.3 Å². The molecular weight excluding hydrogens is 428 g/mol. The van der Waals surface area contributed by atoms with Gasteiger partial charge in [0.05, 0.1) is 30.8 Å². The molecule has 0 amide bonds. The molecular formula is C25H26N8O. The first-order valence-corrected chi connectivity index (χ1v) is 11.3. The van der Waals surface area contributed by atoms with Crippen LogP contribution in [0.3, 0.4) is 0 Å². The number of para-hydroxylation sites is 2. The maximum absolute atomic E-state index is 9.25. The number of aryl methyl sites for hydroxylation is 1. The molecule has 0 bridgehead atoms. The second-order valence-electron chi connectivity index (χ2n) is 8.04. The summed E-state index contributed by atoms with van der Waals surface area (Å²) < 4.78 is 7.56. The molecule has 1 saturated heterocycles. The van der Waals surface area contributed by atoms with E-state index in [1.54, 1.807) is 25.6 Å². The number of nitrogens with one attached hydrogen (secondary N) is 1. The fourth-order valence-corrected chi connectivity index (χ4v) is 4.23. The molecule has 4 aromatic rings. The average molecular weight is 455 g/mol. The normalized spacial score (nSPS) is 13.7. The van der Waals surface area contributed by atoms with Gasteiger partial charge >= 0.3 is 0 Å². The van der Waals surface area contributed by atoms with Crippen LogP contribution < -0.4 is 19.9 Å². The molecule has 9 heteroatoms. The highest BCUT2D eigenvalue weighted by Crippen LogP contribution is 2.30. The van der Waals surface area contributed by atoms with Crippen molar-refractivity contribution in [3.05, 3.63) is 60.4 Å². The molecule has 0 spiro atoms. The van der Waals surface area contributed by atoms with Crippen molar-refractivity contribution in [3.8, 4) is 11.8 Å². The monoisotopic (exact) mass is 454 g/mol. The number of benzene rings is 2. The van der Waals surface area contributed by atoms with E-state index in [1.165, 1.54) is 0 Å². The van der Waals surface area contributed by atoms with E-state index in [-0.39, 0.29) is 0 Å². The van der Waals surface area contributed by atoms with Crippen LogP contribution in [0.4, 0.5) is 23.1 Å². The van der Waals surface area contributed by atoms with Crippen molar-refractivity contribution in [2.24, 2.45) is 0 Å². The number of anilines is 4. The predicted octanol–water partition coefficient (Wildman–Crippen LogP) is 3.80. The second kappa shape index (κ2) is 9.27. The summed E-state index contributed by atoms with van der Waals surface area (Å²) in [6.07, 6.45) is 1.79. The molecule has 34 heavy (non-hydrogen) atoms. The van der Waals surface area contributed by atoms with E-state index in [0.717, 1.165) is 55.5 Å². The van der Waals surface area contributed by atoms with Crippen LogP contribution in [0, 0.1) is 11.3 Å². The van der Waals surface area contributed by atoms with Gasteiger partial charge in [0.2, 0.25) is 5.95 Å². The van der Waals surface area contributed by atoms with E-state index in [4.69, 9.17) is 14.7 Å². The minimum absolute atomic E-state index is 0.585. The lowest BCUT2D eigenvalue weighted by Crippen LogP contribution is -2.47. The van der Waals surface area contributed by atoms with Crippen LogP contribution in [0.15, 0.2) is 54.9 Å². The number of nitriles is 1. The first-order chi connectivity index (χ1) is 16.7. The lowest BCUT2D eigenvalue weighted by Gasteiger charge is -2.36. The largest absolute Gasteiger partial charge is 0.495 e. The van der Waals surface area contributed by atoms with Crippen LogP contribution >= 0.6 is 0 Å². The summed E-state index contributed by atoms with van der Waals surface area (Å²) in [7, 11) is 1.70. The van der Waals surface area contributed by atoms with Crippen LogP contribution in [0.25, 0.3) is 11.2 Å². The van der Waals surface area contributed by atoms with Gasteiger partial charge in [-0.2, -0.15) is 15.2 Å². The molecule has 3 heterocycles. The first-order valence-electron chi connectivity index (χ1n) is 11.3. The van der Waals surface area contributed by atoms with Crippen molar-refractivity contribution in [3.63, 3.8) is 0 Å². The summed E-state index contributed by atoms with van der Waals surface area (Å²) >= 11 is 0. The van der Waals surface area contributed by atoms with Crippen LogP contribution in [-0.2, 0) is 6.54 Å². The Balaban J connectivity index is 1.44. The highest BCUT2D eigenvalue weighted by atomic mass is 16.5.